The van der Waals surface area contributed by atoms with E-state index in [1.807, 2.05) is 24.3 Å². The summed E-state index contributed by atoms with van der Waals surface area (Å²) in [5.74, 6) is -0.0934. The molecule has 0 fully saturated rings. The number of hydrogen-bond acceptors (Lipinski definition) is 3. The van der Waals surface area contributed by atoms with Gasteiger partial charge >= 0.3 is 0 Å². The van der Waals surface area contributed by atoms with Crippen molar-refractivity contribution >= 4 is 11.6 Å². The molecule has 0 radical (unpaired) electrons. The third kappa shape index (κ3) is 1.35. The molecule has 0 spiro atoms. The second kappa shape index (κ2) is 3.41. The lowest BCUT2D eigenvalue weighted by Crippen LogP contribution is -2.11. The highest BCUT2D eigenvalue weighted by molar-refractivity contribution is 6.06. The Balaban J connectivity index is 2.18. The zero-order valence-corrected chi connectivity index (χ0v) is 8.47. The number of nitrogens with one attached hydrogen (secondary N) is 1. The van der Waals surface area contributed by atoms with Crippen molar-refractivity contribution < 1.29 is 4.79 Å². The Morgan fingerprint density at radius 3 is 3.06 bits per heavy atom. The summed E-state index contributed by atoms with van der Waals surface area (Å²) in [4.78, 5) is 20.0. The number of anilines is 1. The molecule has 1 aliphatic rings. The van der Waals surface area contributed by atoms with Gasteiger partial charge in [-0.3, -0.25) is 4.79 Å². The van der Waals surface area contributed by atoms with E-state index >= 15 is 0 Å². The molecule has 1 N–H and O–H groups in total. The maximum absolute atomic E-state index is 11.9. The summed E-state index contributed by atoms with van der Waals surface area (Å²) in [7, 11) is 0. The Morgan fingerprint density at radius 2 is 2.12 bits per heavy atom. The predicted molar refractivity (Wildman–Crippen MR) is 59.2 cm³/mol. The van der Waals surface area contributed by atoms with Crippen molar-refractivity contribution in [2.24, 2.45) is 0 Å². The minimum Gasteiger partial charge on any atom is -0.319 e. The van der Waals surface area contributed by atoms with Crippen LogP contribution in [0.15, 0.2) is 36.8 Å². The highest BCUT2D eigenvalue weighted by Gasteiger charge is 2.18. The Morgan fingerprint density at radius 1 is 1.25 bits per heavy atom. The Kier molecular flexibility index (Phi) is 1.93. The molecule has 3 rings (SSSR count). The van der Waals surface area contributed by atoms with Crippen LogP contribution in [0.5, 0.6) is 0 Å². The number of carbonyl (C=O) groups is 1. The van der Waals surface area contributed by atoms with Gasteiger partial charge in [-0.15, -0.1) is 0 Å². The van der Waals surface area contributed by atoms with Crippen LogP contribution in [-0.2, 0) is 6.42 Å². The normalized spacial score (nSPS) is 13.4. The first-order valence-corrected chi connectivity index (χ1v) is 5.03. The fourth-order valence-corrected chi connectivity index (χ4v) is 1.87. The third-order valence-electron chi connectivity index (χ3n) is 2.66. The summed E-state index contributed by atoms with van der Waals surface area (Å²) in [5, 5.41) is 2.81. The number of benzene rings is 1. The van der Waals surface area contributed by atoms with Gasteiger partial charge in [-0.2, -0.15) is 0 Å². The van der Waals surface area contributed by atoms with E-state index in [1.54, 1.807) is 6.20 Å². The van der Waals surface area contributed by atoms with Gasteiger partial charge in [0.1, 0.15) is 6.33 Å². The first-order valence-electron chi connectivity index (χ1n) is 5.03. The van der Waals surface area contributed by atoms with E-state index in [2.05, 4.69) is 15.3 Å². The molecule has 4 nitrogen and oxygen atoms in total. The topological polar surface area (TPSA) is 54.9 Å². The number of hydrogen-bond donors (Lipinski definition) is 1. The molecular weight excluding hydrogens is 202 g/mol. The molecule has 0 bridgehead atoms. The number of rotatable bonds is 0. The van der Waals surface area contributed by atoms with Crippen LogP contribution in [0.25, 0.3) is 0 Å². The minimum absolute atomic E-state index is 0.0934. The van der Waals surface area contributed by atoms with Crippen LogP contribution in [0.3, 0.4) is 0 Å². The van der Waals surface area contributed by atoms with Crippen molar-refractivity contribution in [1.82, 2.24) is 9.97 Å². The van der Waals surface area contributed by atoms with E-state index < -0.39 is 0 Å². The van der Waals surface area contributed by atoms with Crippen LogP contribution < -0.4 is 5.32 Å². The first-order chi connectivity index (χ1) is 7.84. The summed E-state index contributed by atoms with van der Waals surface area (Å²) < 4.78 is 0. The van der Waals surface area contributed by atoms with Crippen molar-refractivity contribution in [2.75, 3.05) is 5.32 Å². The van der Waals surface area contributed by atoms with Gasteiger partial charge < -0.3 is 5.32 Å². The van der Waals surface area contributed by atoms with Crippen molar-refractivity contribution in [3.63, 3.8) is 0 Å². The predicted octanol–water partition coefficient (Wildman–Crippen LogP) is 1.63. The molecule has 1 aromatic carbocycles. The standard InChI is InChI=1S/C12H9N3O/c16-12-9-4-2-1-3-8(9)5-10-11(15-12)6-13-7-14-10/h1-4,6-7H,5H2,(H,15,16). The summed E-state index contributed by atoms with van der Waals surface area (Å²) >= 11 is 0. The fourth-order valence-electron chi connectivity index (χ4n) is 1.87. The molecule has 1 amide bonds. The maximum atomic E-state index is 11.9. The van der Waals surface area contributed by atoms with Gasteiger partial charge in [0.25, 0.3) is 5.91 Å². The second-order valence-electron chi connectivity index (χ2n) is 3.67. The van der Waals surface area contributed by atoms with Crippen molar-refractivity contribution in [3.05, 3.63) is 53.6 Å². The number of nitrogens with zero attached hydrogens (tertiary/aromatic N) is 2. The molecule has 78 valence electrons. The Labute approximate surface area is 92.4 Å². The highest BCUT2D eigenvalue weighted by Crippen LogP contribution is 2.23. The summed E-state index contributed by atoms with van der Waals surface area (Å²) in [5.41, 5.74) is 3.26. The summed E-state index contributed by atoms with van der Waals surface area (Å²) in [6.07, 6.45) is 3.79. The van der Waals surface area contributed by atoms with Crippen LogP contribution in [0, 0.1) is 0 Å². The molecule has 0 aliphatic carbocycles. The largest absolute Gasteiger partial charge is 0.319 e. The number of aromatic nitrogens is 2. The van der Waals surface area contributed by atoms with Gasteiger partial charge in [0.2, 0.25) is 0 Å². The van der Waals surface area contributed by atoms with E-state index in [0.717, 1.165) is 11.3 Å². The first kappa shape index (κ1) is 9.03. The third-order valence-corrected chi connectivity index (χ3v) is 2.66. The monoisotopic (exact) mass is 211 g/mol. The van der Waals surface area contributed by atoms with Crippen LogP contribution in [0.1, 0.15) is 21.6 Å². The molecule has 0 saturated carbocycles. The zero-order valence-electron chi connectivity index (χ0n) is 8.47. The van der Waals surface area contributed by atoms with Crippen molar-refractivity contribution in [3.8, 4) is 0 Å². The lowest BCUT2D eigenvalue weighted by molar-refractivity contribution is 0.102. The molecule has 2 heterocycles. The maximum Gasteiger partial charge on any atom is 0.256 e. The van der Waals surface area contributed by atoms with E-state index in [1.165, 1.54) is 6.33 Å². The van der Waals surface area contributed by atoms with Gasteiger partial charge in [-0.25, -0.2) is 9.97 Å². The second-order valence-corrected chi connectivity index (χ2v) is 3.67. The minimum atomic E-state index is -0.0934. The van der Waals surface area contributed by atoms with Crippen LogP contribution in [0.2, 0.25) is 0 Å². The van der Waals surface area contributed by atoms with E-state index in [-0.39, 0.29) is 5.91 Å². The van der Waals surface area contributed by atoms with Crippen molar-refractivity contribution in [1.29, 1.82) is 0 Å². The zero-order chi connectivity index (χ0) is 11.0. The van der Waals surface area contributed by atoms with Gasteiger partial charge in [0, 0.05) is 12.0 Å². The molecule has 1 aromatic heterocycles. The van der Waals surface area contributed by atoms with E-state index in [0.29, 0.717) is 17.7 Å². The van der Waals surface area contributed by atoms with Crippen LogP contribution in [-0.4, -0.2) is 15.9 Å². The number of amides is 1. The molecule has 0 saturated heterocycles. The smallest absolute Gasteiger partial charge is 0.256 e. The molecule has 2 aromatic rings. The number of fused-ring (bicyclic) bond motifs is 2. The SMILES string of the molecule is O=C1Nc2cncnc2Cc2ccccc21. The Hall–Kier alpha value is -2.23. The van der Waals surface area contributed by atoms with Gasteiger partial charge in [0.05, 0.1) is 17.6 Å². The quantitative estimate of drug-likeness (QED) is 0.720. The van der Waals surface area contributed by atoms with Gasteiger partial charge in [0.15, 0.2) is 0 Å². The molecule has 1 aliphatic heterocycles. The summed E-state index contributed by atoms with van der Waals surface area (Å²) in [6.45, 7) is 0. The molecular formula is C12H9N3O. The fraction of sp³-hybridized carbons (Fsp3) is 0.0833. The lowest BCUT2D eigenvalue weighted by atomic mass is 10.0. The lowest BCUT2D eigenvalue weighted by Gasteiger charge is -2.02. The summed E-state index contributed by atoms with van der Waals surface area (Å²) in [6, 6.07) is 7.56. The van der Waals surface area contributed by atoms with Gasteiger partial charge in [-0.1, -0.05) is 18.2 Å². The molecule has 16 heavy (non-hydrogen) atoms. The average Bonchev–Trinajstić information content (AvgIpc) is 2.45. The average molecular weight is 211 g/mol. The van der Waals surface area contributed by atoms with Gasteiger partial charge in [-0.05, 0) is 11.6 Å². The van der Waals surface area contributed by atoms with Crippen molar-refractivity contribution in [2.45, 2.75) is 6.42 Å². The van der Waals surface area contributed by atoms with Crippen LogP contribution >= 0.6 is 0 Å². The van der Waals surface area contributed by atoms with E-state index in [4.69, 9.17) is 0 Å². The van der Waals surface area contributed by atoms with Crippen LogP contribution in [0.4, 0.5) is 5.69 Å². The Bertz CT molecular complexity index is 566. The molecule has 0 unspecified atom stereocenters. The molecule has 0 atom stereocenters. The highest BCUT2D eigenvalue weighted by atomic mass is 16.1. The molecule has 4 heteroatoms. The van der Waals surface area contributed by atoms with E-state index in [9.17, 15) is 4.79 Å². The number of carbonyl (C=O) groups excluding carboxylic acids is 1.